The minimum Gasteiger partial charge on any atom is -0.477 e. The van der Waals surface area contributed by atoms with Crippen molar-refractivity contribution in [3.05, 3.63) is 11.9 Å². The fourth-order valence-electron chi connectivity index (χ4n) is 1.72. The summed E-state index contributed by atoms with van der Waals surface area (Å²) in [6.07, 6.45) is 4.67. The van der Waals surface area contributed by atoms with E-state index in [-0.39, 0.29) is 0 Å². The Hall–Kier alpha value is -1.32. The summed E-state index contributed by atoms with van der Waals surface area (Å²) in [4.78, 5) is 8.38. The molecular weight excluding hydrogens is 214 g/mol. The number of anilines is 1. The van der Waals surface area contributed by atoms with Gasteiger partial charge in [0.25, 0.3) is 0 Å². The van der Waals surface area contributed by atoms with E-state index in [1.54, 1.807) is 6.33 Å². The first kappa shape index (κ1) is 13.7. The highest BCUT2D eigenvalue weighted by Crippen LogP contribution is 2.22. The third-order valence-electron chi connectivity index (χ3n) is 2.66. The van der Waals surface area contributed by atoms with Gasteiger partial charge in [0.15, 0.2) is 0 Å². The van der Waals surface area contributed by atoms with Gasteiger partial charge < -0.3 is 10.1 Å². The zero-order valence-corrected chi connectivity index (χ0v) is 11.3. The molecule has 0 fully saturated rings. The number of nitrogens with one attached hydrogen (secondary N) is 1. The standard InChI is InChI=1S/C13H23N3O/c1-5-11-12(14-4)15-9-16-13(11)17-8-6-7-10(2)3/h9-10H,5-8H2,1-4H3,(H,14,15,16). The van der Waals surface area contributed by atoms with Crippen LogP contribution in [0.5, 0.6) is 5.88 Å². The monoisotopic (exact) mass is 237 g/mol. The number of rotatable bonds is 7. The fraction of sp³-hybridized carbons (Fsp3) is 0.692. The van der Waals surface area contributed by atoms with Gasteiger partial charge in [-0.2, -0.15) is 0 Å². The maximum absolute atomic E-state index is 5.73. The van der Waals surface area contributed by atoms with Crippen molar-refractivity contribution in [2.75, 3.05) is 19.0 Å². The Morgan fingerprint density at radius 1 is 1.35 bits per heavy atom. The lowest BCUT2D eigenvalue weighted by atomic mass is 10.1. The first-order valence-corrected chi connectivity index (χ1v) is 6.33. The van der Waals surface area contributed by atoms with E-state index >= 15 is 0 Å². The Bertz CT molecular complexity index is 339. The number of hydrogen-bond donors (Lipinski definition) is 1. The molecule has 1 aromatic heterocycles. The van der Waals surface area contributed by atoms with E-state index in [2.05, 4.69) is 36.1 Å². The van der Waals surface area contributed by atoms with Gasteiger partial charge in [0, 0.05) is 7.05 Å². The SMILES string of the molecule is CCc1c(NC)ncnc1OCCCC(C)C. The summed E-state index contributed by atoms with van der Waals surface area (Å²) in [6, 6.07) is 0. The second kappa shape index (κ2) is 7.09. The summed E-state index contributed by atoms with van der Waals surface area (Å²) in [5, 5.41) is 3.06. The van der Waals surface area contributed by atoms with Crippen molar-refractivity contribution in [1.29, 1.82) is 0 Å². The number of aromatic nitrogens is 2. The summed E-state index contributed by atoms with van der Waals surface area (Å²) >= 11 is 0. The minimum absolute atomic E-state index is 0.718. The minimum atomic E-state index is 0.718. The highest BCUT2D eigenvalue weighted by molar-refractivity contribution is 5.48. The molecule has 0 unspecified atom stereocenters. The van der Waals surface area contributed by atoms with E-state index in [0.717, 1.165) is 42.6 Å². The molecule has 0 saturated heterocycles. The van der Waals surface area contributed by atoms with Gasteiger partial charge in [0.1, 0.15) is 12.1 Å². The number of ether oxygens (including phenoxy) is 1. The van der Waals surface area contributed by atoms with E-state index in [1.165, 1.54) is 6.42 Å². The summed E-state index contributed by atoms with van der Waals surface area (Å²) < 4.78 is 5.73. The zero-order chi connectivity index (χ0) is 12.7. The lowest BCUT2D eigenvalue weighted by Gasteiger charge is -2.12. The van der Waals surface area contributed by atoms with Crippen LogP contribution in [0.1, 0.15) is 39.2 Å². The van der Waals surface area contributed by atoms with Crippen molar-refractivity contribution in [3.8, 4) is 5.88 Å². The van der Waals surface area contributed by atoms with Gasteiger partial charge in [-0.3, -0.25) is 0 Å². The molecule has 0 bridgehead atoms. The predicted octanol–water partition coefficient (Wildman–Crippen LogP) is 2.90. The molecule has 0 radical (unpaired) electrons. The molecule has 4 nitrogen and oxygen atoms in total. The van der Waals surface area contributed by atoms with Gasteiger partial charge in [0.2, 0.25) is 5.88 Å². The van der Waals surface area contributed by atoms with Crippen LogP contribution in [0.25, 0.3) is 0 Å². The van der Waals surface area contributed by atoms with Crippen molar-refractivity contribution >= 4 is 5.82 Å². The number of hydrogen-bond acceptors (Lipinski definition) is 4. The maximum atomic E-state index is 5.73. The molecular formula is C13H23N3O. The Labute approximate surface area is 104 Å². The van der Waals surface area contributed by atoms with Crippen LogP contribution in [-0.2, 0) is 6.42 Å². The Balaban J connectivity index is 2.58. The lowest BCUT2D eigenvalue weighted by molar-refractivity contribution is 0.284. The molecule has 96 valence electrons. The topological polar surface area (TPSA) is 47.0 Å². The molecule has 0 spiro atoms. The molecule has 17 heavy (non-hydrogen) atoms. The van der Waals surface area contributed by atoms with Crippen LogP contribution >= 0.6 is 0 Å². The van der Waals surface area contributed by atoms with E-state index in [0.29, 0.717) is 0 Å². The van der Waals surface area contributed by atoms with Gasteiger partial charge in [-0.25, -0.2) is 9.97 Å². The second-order valence-corrected chi connectivity index (χ2v) is 4.49. The molecule has 0 aliphatic heterocycles. The summed E-state index contributed by atoms with van der Waals surface area (Å²) in [5.41, 5.74) is 1.06. The Morgan fingerprint density at radius 2 is 2.12 bits per heavy atom. The number of nitrogens with zero attached hydrogens (tertiary/aromatic N) is 2. The first-order valence-electron chi connectivity index (χ1n) is 6.33. The highest BCUT2D eigenvalue weighted by atomic mass is 16.5. The highest BCUT2D eigenvalue weighted by Gasteiger charge is 2.09. The molecule has 0 saturated carbocycles. The molecule has 1 N–H and O–H groups in total. The van der Waals surface area contributed by atoms with Gasteiger partial charge in [-0.05, 0) is 25.2 Å². The molecule has 4 heteroatoms. The van der Waals surface area contributed by atoms with Gasteiger partial charge in [-0.15, -0.1) is 0 Å². The largest absolute Gasteiger partial charge is 0.477 e. The normalized spacial score (nSPS) is 10.6. The first-order chi connectivity index (χ1) is 8.19. The van der Waals surface area contributed by atoms with E-state index in [9.17, 15) is 0 Å². The van der Waals surface area contributed by atoms with Crippen LogP contribution in [0.2, 0.25) is 0 Å². The van der Waals surface area contributed by atoms with Crippen molar-refractivity contribution in [3.63, 3.8) is 0 Å². The van der Waals surface area contributed by atoms with Crippen molar-refractivity contribution in [2.45, 2.75) is 40.0 Å². The molecule has 0 aromatic carbocycles. The van der Waals surface area contributed by atoms with Crippen LogP contribution in [0.4, 0.5) is 5.82 Å². The van der Waals surface area contributed by atoms with Crippen molar-refractivity contribution in [2.24, 2.45) is 5.92 Å². The van der Waals surface area contributed by atoms with Crippen LogP contribution in [-0.4, -0.2) is 23.6 Å². The summed E-state index contributed by atoms with van der Waals surface area (Å²) in [6.45, 7) is 7.26. The quantitative estimate of drug-likeness (QED) is 0.741. The Kier molecular flexibility index (Phi) is 5.73. The van der Waals surface area contributed by atoms with Crippen molar-refractivity contribution < 1.29 is 4.74 Å². The van der Waals surface area contributed by atoms with Gasteiger partial charge >= 0.3 is 0 Å². The van der Waals surface area contributed by atoms with Crippen LogP contribution in [0.3, 0.4) is 0 Å². The fourth-order valence-corrected chi connectivity index (χ4v) is 1.72. The van der Waals surface area contributed by atoms with Crippen LogP contribution < -0.4 is 10.1 Å². The van der Waals surface area contributed by atoms with Crippen molar-refractivity contribution in [1.82, 2.24) is 9.97 Å². The summed E-state index contributed by atoms with van der Waals surface area (Å²) in [7, 11) is 1.87. The zero-order valence-electron chi connectivity index (χ0n) is 11.3. The van der Waals surface area contributed by atoms with Gasteiger partial charge in [-0.1, -0.05) is 20.8 Å². The van der Waals surface area contributed by atoms with Crippen LogP contribution in [0, 0.1) is 5.92 Å². The average molecular weight is 237 g/mol. The van der Waals surface area contributed by atoms with E-state index in [4.69, 9.17) is 4.74 Å². The molecule has 1 aromatic rings. The van der Waals surface area contributed by atoms with Crippen LogP contribution in [0.15, 0.2) is 6.33 Å². The second-order valence-electron chi connectivity index (χ2n) is 4.49. The average Bonchev–Trinajstić information content (AvgIpc) is 2.33. The molecule has 0 aliphatic carbocycles. The maximum Gasteiger partial charge on any atom is 0.221 e. The Morgan fingerprint density at radius 3 is 2.71 bits per heavy atom. The predicted molar refractivity (Wildman–Crippen MR) is 70.5 cm³/mol. The van der Waals surface area contributed by atoms with E-state index < -0.39 is 0 Å². The molecule has 0 atom stereocenters. The smallest absolute Gasteiger partial charge is 0.221 e. The van der Waals surface area contributed by atoms with E-state index in [1.807, 2.05) is 7.05 Å². The molecule has 0 aliphatic rings. The molecule has 1 heterocycles. The lowest BCUT2D eigenvalue weighted by Crippen LogP contribution is -2.06. The third-order valence-corrected chi connectivity index (χ3v) is 2.66. The third kappa shape index (κ3) is 4.21. The molecule has 1 rings (SSSR count). The van der Waals surface area contributed by atoms with Gasteiger partial charge in [0.05, 0.1) is 12.2 Å². The summed E-state index contributed by atoms with van der Waals surface area (Å²) in [5.74, 6) is 2.31. The molecule has 0 amide bonds.